The fourth-order valence-corrected chi connectivity index (χ4v) is 3.37. The summed E-state index contributed by atoms with van der Waals surface area (Å²) in [5.41, 5.74) is 0.697. The molecule has 3 heterocycles. The molecule has 2 aliphatic rings. The highest BCUT2D eigenvalue weighted by molar-refractivity contribution is 5.73. The predicted octanol–water partition coefficient (Wildman–Crippen LogP) is 1.56. The Balaban J connectivity index is 1.65. The van der Waals surface area contributed by atoms with Crippen LogP contribution in [0.25, 0.3) is 0 Å². The Bertz CT molecular complexity index is 557. The van der Waals surface area contributed by atoms with E-state index < -0.39 is 0 Å². The van der Waals surface area contributed by atoms with Gasteiger partial charge in [0.2, 0.25) is 5.91 Å². The molecule has 0 aliphatic carbocycles. The first-order chi connectivity index (χ1) is 11.1. The molecule has 1 amide bonds. The van der Waals surface area contributed by atoms with Crippen molar-refractivity contribution in [3.05, 3.63) is 23.8 Å². The van der Waals surface area contributed by atoms with Crippen LogP contribution >= 0.6 is 0 Å². The molecule has 0 bridgehead atoms. The number of nitrogens with zero attached hydrogens (tertiary/aromatic N) is 4. The highest BCUT2D eigenvalue weighted by Crippen LogP contribution is 2.33. The summed E-state index contributed by atoms with van der Waals surface area (Å²) in [6, 6.07) is 1.98. The Morgan fingerprint density at radius 3 is 2.91 bits per heavy atom. The van der Waals surface area contributed by atoms with Crippen molar-refractivity contribution in [2.24, 2.45) is 0 Å². The van der Waals surface area contributed by atoms with Gasteiger partial charge in [-0.3, -0.25) is 9.69 Å². The van der Waals surface area contributed by atoms with Gasteiger partial charge in [-0.05, 0) is 32.3 Å². The first-order valence-electron chi connectivity index (χ1n) is 8.51. The zero-order valence-corrected chi connectivity index (χ0v) is 14.1. The fourth-order valence-electron chi connectivity index (χ4n) is 3.37. The first kappa shape index (κ1) is 16.3. The third kappa shape index (κ3) is 3.87. The third-order valence-corrected chi connectivity index (χ3v) is 4.82. The lowest BCUT2D eigenvalue weighted by molar-refractivity contribution is -0.128. The second-order valence-electron chi connectivity index (χ2n) is 6.69. The van der Waals surface area contributed by atoms with E-state index in [0.717, 1.165) is 70.1 Å². The topological polar surface area (TPSA) is 58.6 Å². The lowest BCUT2D eigenvalue weighted by atomic mass is 10.0. The largest absolute Gasteiger partial charge is 0.367 e. The Kier molecular flexibility index (Phi) is 4.92. The summed E-state index contributed by atoms with van der Waals surface area (Å²) in [7, 11) is 0. The quantitative estimate of drug-likeness (QED) is 0.846. The summed E-state index contributed by atoms with van der Waals surface area (Å²) in [4.78, 5) is 25.0. The van der Waals surface area contributed by atoms with Gasteiger partial charge in [0, 0.05) is 52.5 Å². The van der Waals surface area contributed by atoms with Gasteiger partial charge >= 0.3 is 0 Å². The molecule has 0 aromatic carbocycles. The molecule has 6 nitrogen and oxygen atoms in total. The molecule has 0 saturated carbocycles. The van der Waals surface area contributed by atoms with Crippen LogP contribution in [-0.4, -0.2) is 58.5 Å². The van der Waals surface area contributed by atoms with Gasteiger partial charge in [-0.25, -0.2) is 9.97 Å². The van der Waals surface area contributed by atoms with Crippen molar-refractivity contribution < 1.29 is 9.53 Å². The molecule has 0 N–H and O–H groups in total. The van der Waals surface area contributed by atoms with E-state index in [1.807, 2.05) is 17.2 Å². The number of amides is 1. The van der Waals surface area contributed by atoms with Crippen molar-refractivity contribution in [2.45, 2.75) is 45.3 Å². The molecule has 3 rings (SSSR count). The van der Waals surface area contributed by atoms with E-state index in [-0.39, 0.29) is 11.5 Å². The average Bonchev–Trinajstić information content (AvgIpc) is 2.85. The van der Waals surface area contributed by atoms with Crippen LogP contribution in [0.1, 0.15) is 44.6 Å². The van der Waals surface area contributed by atoms with Crippen molar-refractivity contribution in [1.29, 1.82) is 0 Å². The number of carbonyl (C=O) groups is 1. The maximum atomic E-state index is 11.5. The van der Waals surface area contributed by atoms with Crippen molar-refractivity contribution in [1.82, 2.24) is 19.8 Å². The number of hydrogen-bond acceptors (Lipinski definition) is 5. The lowest BCUT2D eigenvalue weighted by Crippen LogP contribution is -2.33. The monoisotopic (exact) mass is 318 g/mol. The molecule has 2 fully saturated rings. The number of carbonyl (C=O) groups excluding carboxylic acids is 1. The van der Waals surface area contributed by atoms with Crippen molar-refractivity contribution in [3.8, 4) is 0 Å². The van der Waals surface area contributed by atoms with Gasteiger partial charge in [0.05, 0.1) is 5.69 Å². The molecule has 1 unspecified atom stereocenters. The van der Waals surface area contributed by atoms with Crippen LogP contribution in [0.15, 0.2) is 12.3 Å². The smallest absolute Gasteiger partial charge is 0.219 e. The highest BCUT2D eigenvalue weighted by Gasteiger charge is 2.34. The van der Waals surface area contributed by atoms with E-state index in [2.05, 4.69) is 16.8 Å². The SMILES string of the molecule is CC(=O)N1CCCN(Cc2ccnc(C3(C)CCCO3)n2)CC1. The first-order valence-corrected chi connectivity index (χ1v) is 8.51. The third-order valence-electron chi connectivity index (χ3n) is 4.82. The van der Waals surface area contributed by atoms with Crippen LogP contribution in [0, 0.1) is 0 Å². The van der Waals surface area contributed by atoms with Crippen LogP contribution in [0.4, 0.5) is 0 Å². The molecule has 0 radical (unpaired) electrons. The van der Waals surface area contributed by atoms with Gasteiger partial charge in [0.1, 0.15) is 5.60 Å². The number of rotatable bonds is 3. The fraction of sp³-hybridized carbons (Fsp3) is 0.706. The van der Waals surface area contributed by atoms with E-state index in [9.17, 15) is 4.79 Å². The summed E-state index contributed by atoms with van der Waals surface area (Å²) in [5, 5.41) is 0. The van der Waals surface area contributed by atoms with E-state index in [1.54, 1.807) is 6.92 Å². The van der Waals surface area contributed by atoms with Crippen LogP contribution in [0.5, 0.6) is 0 Å². The second kappa shape index (κ2) is 6.93. The molecular formula is C17H26N4O2. The Morgan fingerprint density at radius 2 is 2.17 bits per heavy atom. The maximum Gasteiger partial charge on any atom is 0.219 e. The minimum absolute atomic E-state index is 0.169. The van der Waals surface area contributed by atoms with Gasteiger partial charge in [-0.1, -0.05) is 0 Å². The van der Waals surface area contributed by atoms with E-state index in [4.69, 9.17) is 9.72 Å². The van der Waals surface area contributed by atoms with Gasteiger partial charge in [0.25, 0.3) is 0 Å². The van der Waals surface area contributed by atoms with Crippen LogP contribution in [-0.2, 0) is 21.7 Å². The van der Waals surface area contributed by atoms with Crippen molar-refractivity contribution >= 4 is 5.91 Å². The molecule has 1 atom stereocenters. The minimum Gasteiger partial charge on any atom is -0.367 e. The molecule has 2 aliphatic heterocycles. The van der Waals surface area contributed by atoms with Gasteiger partial charge in [0.15, 0.2) is 5.82 Å². The van der Waals surface area contributed by atoms with Gasteiger partial charge < -0.3 is 9.64 Å². The van der Waals surface area contributed by atoms with Gasteiger partial charge in [-0.2, -0.15) is 0 Å². The molecule has 126 valence electrons. The molecule has 1 aromatic rings. The number of ether oxygens (including phenoxy) is 1. The van der Waals surface area contributed by atoms with Gasteiger partial charge in [-0.15, -0.1) is 0 Å². The van der Waals surface area contributed by atoms with E-state index in [1.165, 1.54) is 0 Å². The van der Waals surface area contributed by atoms with Crippen molar-refractivity contribution in [2.75, 3.05) is 32.8 Å². The van der Waals surface area contributed by atoms with Crippen molar-refractivity contribution in [3.63, 3.8) is 0 Å². The summed E-state index contributed by atoms with van der Waals surface area (Å²) < 4.78 is 5.85. The Hall–Kier alpha value is -1.53. The van der Waals surface area contributed by atoms with Crippen LogP contribution < -0.4 is 0 Å². The molecule has 6 heteroatoms. The minimum atomic E-state index is -0.333. The average molecular weight is 318 g/mol. The molecule has 23 heavy (non-hydrogen) atoms. The van der Waals surface area contributed by atoms with E-state index in [0.29, 0.717) is 0 Å². The van der Waals surface area contributed by atoms with Crippen LogP contribution in [0.3, 0.4) is 0 Å². The highest BCUT2D eigenvalue weighted by atomic mass is 16.5. The Morgan fingerprint density at radius 1 is 1.30 bits per heavy atom. The zero-order chi connectivity index (χ0) is 16.3. The van der Waals surface area contributed by atoms with E-state index >= 15 is 0 Å². The predicted molar refractivity (Wildman–Crippen MR) is 86.7 cm³/mol. The lowest BCUT2D eigenvalue weighted by Gasteiger charge is -2.23. The maximum absolute atomic E-state index is 11.5. The summed E-state index contributed by atoms with van der Waals surface area (Å²) in [6.45, 7) is 8.86. The molecule has 0 spiro atoms. The summed E-state index contributed by atoms with van der Waals surface area (Å²) in [6.07, 6.45) is 4.90. The molecule has 2 saturated heterocycles. The second-order valence-corrected chi connectivity index (χ2v) is 6.69. The van der Waals surface area contributed by atoms with Crippen LogP contribution in [0.2, 0.25) is 0 Å². The standard InChI is InChI=1S/C17H26N4O2/c1-14(22)21-9-4-8-20(10-11-21)13-15-5-7-18-16(19-15)17(2)6-3-12-23-17/h5,7H,3-4,6,8-13H2,1-2H3. The summed E-state index contributed by atoms with van der Waals surface area (Å²) in [5.74, 6) is 0.968. The zero-order valence-electron chi connectivity index (χ0n) is 14.1. The summed E-state index contributed by atoms with van der Waals surface area (Å²) >= 11 is 0. The number of aromatic nitrogens is 2. The Labute approximate surface area is 137 Å². The molecular weight excluding hydrogens is 292 g/mol. The number of hydrogen-bond donors (Lipinski definition) is 0. The normalized spacial score (nSPS) is 26.3. The molecule has 1 aromatic heterocycles.